The van der Waals surface area contributed by atoms with E-state index >= 15 is 0 Å². The van der Waals surface area contributed by atoms with E-state index in [1.165, 1.54) is 19.3 Å². The first-order valence-electron chi connectivity index (χ1n) is 7.11. The van der Waals surface area contributed by atoms with Gasteiger partial charge in [-0.25, -0.2) is 0 Å². The van der Waals surface area contributed by atoms with Gasteiger partial charge in [-0.1, -0.05) is 20.3 Å². The second-order valence-electron chi connectivity index (χ2n) is 5.44. The zero-order valence-electron chi connectivity index (χ0n) is 11.8. The highest BCUT2D eigenvalue weighted by atomic mass is 16.2. The Kier molecular flexibility index (Phi) is 5.96. The summed E-state index contributed by atoms with van der Waals surface area (Å²) in [6.07, 6.45) is 4.76. The van der Waals surface area contributed by atoms with Gasteiger partial charge in [-0.3, -0.25) is 4.79 Å². The molecule has 0 spiro atoms. The molecule has 17 heavy (non-hydrogen) atoms. The maximum Gasteiger partial charge on any atom is 0.236 e. The van der Waals surface area contributed by atoms with Gasteiger partial charge in [-0.05, 0) is 39.0 Å². The first kappa shape index (κ1) is 14.5. The highest BCUT2D eigenvalue weighted by Crippen LogP contribution is 2.26. The molecule has 100 valence electrons. The third kappa shape index (κ3) is 5.07. The van der Waals surface area contributed by atoms with Crippen molar-refractivity contribution in [2.45, 2.75) is 65.5 Å². The van der Waals surface area contributed by atoms with Crippen LogP contribution in [0.3, 0.4) is 0 Å². The van der Waals surface area contributed by atoms with Crippen LogP contribution in [-0.2, 0) is 4.79 Å². The predicted molar refractivity (Wildman–Crippen MR) is 71.9 cm³/mol. The quantitative estimate of drug-likeness (QED) is 0.706. The Hall–Kier alpha value is -0.570. The lowest BCUT2D eigenvalue weighted by Crippen LogP contribution is -2.42. The van der Waals surface area contributed by atoms with Crippen molar-refractivity contribution < 1.29 is 4.79 Å². The number of likely N-dealkylation sites (N-methyl/N-ethyl adjacent to an activating group) is 1. The molecule has 0 aromatic heterocycles. The fraction of sp³-hybridized carbons (Fsp3) is 0.929. The smallest absolute Gasteiger partial charge is 0.236 e. The first-order valence-corrected chi connectivity index (χ1v) is 7.11. The molecule has 0 saturated heterocycles. The van der Waals surface area contributed by atoms with E-state index in [4.69, 9.17) is 0 Å². The fourth-order valence-corrected chi connectivity index (χ4v) is 2.24. The van der Waals surface area contributed by atoms with E-state index in [1.54, 1.807) is 0 Å². The summed E-state index contributed by atoms with van der Waals surface area (Å²) in [5.74, 6) is 1.00. The molecule has 1 aliphatic carbocycles. The number of hydrogen-bond acceptors (Lipinski definition) is 2. The Bertz CT molecular complexity index is 238. The van der Waals surface area contributed by atoms with E-state index in [0.29, 0.717) is 18.6 Å². The van der Waals surface area contributed by atoms with Crippen molar-refractivity contribution >= 4 is 5.91 Å². The maximum absolute atomic E-state index is 12.0. The summed E-state index contributed by atoms with van der Waals surface area (Å²) in [4.78, 5) is 14.0. The zero-order valence-corrected chi connectivity index (χ0v) is 11.8. The van der Waals surface area contributed by atoms with E-state index in [1.807, 2.05) is 4.90 Å². The van der Waals surface area contributed by atoms with Crippen molar-refractivity contribution in [2.24, 2.45) is 5.92 Å². The zero-order chi connectivity index (χ0) is 12.8. The molecule has 3 heteroatoms. The molecule has 0 aromatic carbocycles. The maximum atomic E-state index is 12.0. The van der Waals surface area contributed by atoms with Gasteiger partial charge in [0.1, 0.15) is 0 Å². The van der Waals surface area contributed by atoms with Gasteiger partial charge < -0.3 is 10.2 Å². The SMILES string of the molecule is CCC(C)CC(C)NCC(=O)N(CC)C1CC1. The van der Waals surface area contributed by atoms with Gasteiger partial charge in [-0.15, -0.1) is 0 Å². The van der Waals surface area contributed by atoms with Gasteiger partial charge in [0, 0.05) is 18.6 Å². The summed E-state index contributed by atoms with van der Waals surface area (Å²) in [7, 11) is 0. The second kappa shape index (κ2) is 7.00. The molecule has 1 amide bonds. The summed E-state index contributed by atoms with van der Waals surface area (Å²) < 4.78 is 0. The lowest BCUT2D eigenvalue weighted by molar-refractivity contribution is -0.130. The summed E-state index contributed by atoms with van der Waals surface area (Å²) in [6.45, 7) is 10.1. The van der Waals surface area contributed by atoms with Crippen LogP contribution in [0.5, 0.6) is 0 Å². The lowest BCUT2D eigenvalue weighted by Gasteiger charge is -2.23. The van der Waals surface area contributed by atoms with Crippen molar-refractivity contribution in [3.05, 3.63) is 0 Å². The topological polar surface area (TPSA) is 32.3 Å². The molecular formula is C14H28N2O. The Morgan fingerprint density at radius 3 is 2.47 bits per heavy atom. The van der Waals surface area contributed by atoms with Crippen LogP contribution in [0.2, 0.25) is 0 Å². The lowest BCUT2D eigenvalue weighted by atomic mass is 10.0. The van der Waals surface area contributed by atoms with Crippen LogP contribution in [-0.4, -0.2) is 36.0 Å². The number of carbonyl (C=O) groups excluding carboxylic acids is 1. The highest BCUT2D eigenvalue weighted by molar-refractivity contribution is 5.78. The third-order valence-corrected chi connectivity index (χ3v) is 3.70. The van der Waals surface area contributed by atoms with Crippen molar-refractivity contribution in [2.75, 3.05) is 13.1 Å². The summed E-state index contributed by atoms with van der Waals surface area (Å²) in [5, 5.41) is 3.35. The van der Waals surface area contributed by atoms with Crippen molar-refractivity contribution in [1.29, 1.82) is 0 Å². The van der Waals surface area contributed by atoms with Crippen LogP contribution in [0.1, 0.15) is 53.4 Å². The molecule has 1 N–H and O–H groups in total. The fourth-order valence-electron chi connectivity index (χ4n) is 2.24. The normalized spacial score (nSPS) is 18.8. The monoisotopic (exact) mass is 240 g/mol. The number of carbonyl (C=O) groups is 1. The molecule has 1 saturated carbocycles. The van der Waals surface area contributed by atoms with Crippen LogP contribution in [0.15, 0.2) is 0 Å². The highest BCUT2D eigenvalue weighted by Gasteiger charge is 2.30. The molecule has 1 rings (SSSR count). The molecule has 0 aromatic rings. The van der Waals surface area contributed by atoms with Gasteiger partial charge in [0.15, 0.2) is 0 Å². The van der Waals surface area contributed by atoms with Crippen LogP contribution in [0, 0.1) is 5.92 Å². The largest absolute Gasteiger partial charge is 0.339 e. The number of rotatable bonds is 8. The number of hydrogen-bond donors (Lipinski definition) is 1. The standard InChI is InChI=1S/C14H28N2O/c1-5-11(3)9-12(4)15-10-14(17)16(6-2)13-7-8-13/h11-13,15H,5-10H2,1-4H3. The van der Waals surface area contributed by atoms with Crippen LogP contribution in [0.4, 0.5) is 0 Å². The second-order valence-corrected chi connectivity index (χ2v) is 5.44. The summed E-state index contributed by atoms with van der Waals surface area (Å²) >= 11 is 0. The van der Waals surface area contributed by atoms with E-state index < -0.39 is 0 Å². The van der Waals surface area contributed by atoms with Crippen LogP contribution >= 0.6 is 0 Å². The van der Waals surface area contributed by atoms with Crippen molar-refractivity contribution in [1.82, 2.24) is 10.2 Å². The molecule has 0 bridgehead atoms. The van der Waals surface area contributed by atoms with E-state index in [9.17, 15) is 4.79 Å². The molecule has 2 unspecified atom stereocenters. The van der Waals surface area contributed by atoms with Gasteiger partial charge >= 0.3 is 0 Å². The average molecular weight is 240 g/mol. The molecule has 1 fully saturated rings. The van der Waals surface area contributed by atoms with Crippen molar-refractivity contribution in [3.8, 4) is 0 Å². The minimum absolute atomic E-state index is 0.269. The minimum atomic E-state index is 0.269. The molecule has 0 aliphatic heterocycles. The van der Waals surface area contributed by atoms with Gasteiger partial charge in [0.05, 0.1) is 6.54 Å². The summed E-state index contributed by atoms with van der Waals surface area (Å²) in [6, 6.07) is 0.978. The van der Waals surface area contributed by atoms with E-state index in [0.717, 1.165) is 18.9 Å². The van der Waals surface area contributed by atoms with E-state index in [-0.39, 0.29) is 5.91 Å². The minimum Gasteiger partial charge on any atom is -0.339 e. The third-order valence-electron chi connectivity index (χ3n) is 3.70. The molecule has 3 nitrogen and oxygen atoms in total. The average Bonchev–Trinajstić information content (AvgIpc) is 3.11. The molecule has 0 heterocycles. The van der Waals surface area contributed by atoms with Gasteiger partial charge in [-0.2, -0.15) is 0 Å². The predicted octanol–water partition coefficient (Wildman–Crippen LogP) is 2.41. The van der Waals surface area contributed by atoms with Gasteiger partial charge in [0.25, 0.3) is 0 Å². The first-order chi connectivity index (χ1) is 8.08. The number of amides is 1. The van der Waals surface area contributed by atoms with Crippen LogP contribution < -0.4 is 5.32 Å². The molecular weight excluding hydrogens is 212 g/mol. The van der Waals surface area contributed by atoms with Crippen LogP contribution in [0.25, 0.3) is 0 Å². The Morgan fingerprint density at radius 2 is 2.00 bits per heavy atom. The molecule has 0 radical (unpaired) electrons. The Balaban J connectivity index is 2.22. The van der Waals surface area contributed by atoms with Crippen molar-refractivity contribution in [3.63, 3.8) is 0 Å². The Labute approximate surface area is 106 Å². The number of nitrogens with one attached hydrogen (secondary N) is 1. The van der Waals surface area contributed by atoms with E-state index in [2.05, 4.69) is 33.0 Å². The molecule has 2 atom stereocenters. The Morgan fingerprint density at radius 1 is 1.35 bits per heavy atom. The molecule has 1 aliphatic rings. The number of nitrogens with zero attached hydrogens (tertiary/aromatic N) is 1. The van der Waals surface area contributed by atoms with Gasteiger partial charge in [0.2, 0.25) is 5.91 Å². The summed E-state index contributed by atoms with van der Waals surface area (Å²) in [5.41, 5.74) is 0.